The van der Waals surface area contributed by atoms with Crippen molar-refractivity contribution in [1.29, 1.82) is 0 Å². The fourth-order valence-electron chi connectivity index (χ4n) is 3.59. The first-order valence-electron chi connectivity index (χ1n) is 7.48. The lowest BCUT2D eigenvalue weighted by Crippen LogP contribution is -2.43. The van der Waals surface area contributed by atoms with Gasteiger partial charge in [0.25, 0.3) is 0 Å². The van der Waals surface area contributed by atoms with E-state index in [2.05, 4.69) is 4.98 Å². The number of halogens is 1. The molecule has 2 heterocycles. The van der Waals surface area contributed by atoms with Gasteiger partial charge in [-0.15, -0.1) is 0 Å². The van der Waals surface area contributed by atoms with E-state index < -0.39 is 0 Å². The van der Waals surface area contributed by atoms with E-state index >= 15 is 0 Å². The zero-order chi connectivity index (χ0) is 14.0. The Labute approximate surface area is 124 Å². The summed E-state index contributed by atoms with van der Waals surface area (Å²) in [7, 11) is 0. The SMILES string of the molecule is O=C(c1ccncc1Cl)C1CCOC2(CCCCC2)C1. The van der Waals surface area contributed by atoms with Crippen molar-refractivity contribution in [3.63, 3.8) is 0 Å². The first kappa shape index (κ1) is 14.0. The van der Waals surface area contributed by atoms with Crippen molar-refractivity contribution in [2.45, 2.75) is 50.5 Å². The number of Topliss-reactive ketones (excluding diaryl/α,β-unsaturated/α-hetero) is 1. The zero-order valence-corrected chi connectivity index (χ0v) is 12.4. The number of ketones is 1. The number of carbonyl (C=O) groups excluding carboxylic acids is 1. The van der Waals surface area contributed by atoms with E-state index in [4.69, 9.17) is 16.3 Å². The molecule has 0 amide bonds. The molecule has 2 fully saturated rings. The quantitative estimate of drug-likeness (QED) is 0.772. The summed E-state index contributed by atoms with van der Waals surface area (Å²) >= 11 is 6.10. The molecule has 2 aliphatic rings. The van der Waals surface area contributed by atoms with Crippen molar-refractivity contribution in [1.82, 2.24) is 4.98 Å². The largest absolute Gasteiger partial charge is 0.375 e. The monoisotopic (exact) mass is 293 g/mol. The minimum Gasteiger partial charge on any atom is -0.375 e. The molecular weight excluding hydrogens is 274 g/mol. The van der Waals surface area contributed by atoms with Gasteiger partial charge in [-0.2, -0.15) is 0 Å². The molecule has 108 valence electrons. The van der Waals surface area contributed by atoms with Gasteiger partial charge in [0.1, 0.15) is 0 Å². The number of nitrogens with zero attached hydrogens (tertiary/aromatic N) is 1. The van der Waals surface area contributed by atoms with Crippen molar-refractivity contribution in [3.05, 3.63) is 29.0 Å². The van der Waals surface area contributed by atoms with Gasteiger partial charge in [0.2, 0.25) is 0 Å². The summed E-state index contributed by atoms with van der Waals surface area (Å²) in [6.45, 7) is 0.694. The van der Waals surface area contributed by atoms with Crippen LogP contribution in [0.2, 0.25) is 5.02 Å². The predicted octanol–water partition coefficient (Wildman–Crippen LogP) is 4.05. The number of hydrogen-bond acceptors (Lipinski definition) is 3. The van der Waals surface area contributed by atoms with Gasteiger partial charge in [-0.25, -0.2) is 0 Å². The third-order valence-corrected chi connectivity index (χ3v) is 4.97. The lowest BCUT2D eigenvalue weighted by atomic mass is 9.74. The van der Waals surface area contributed by atoms with Crippen LogP contribution in [-0.2, 0) is 4.74 Å². The maximum atomic E-state index is 12.7. The first-order valence-corrected chi connectivity index (χ1v) is 7.86. The third kappa shape index (κ3) is 2.75. The van der Waals surface area contributed by atoms with Crippen molar-refractivity contribution >= 4 is 17.4 Å². The molecule has 1 aromatic rings. The maximum Gasteiger partial charge on any atom is 0.167 e. The second kappa shape index (κ2) is 5.82. The number of hydrogen-bond donors (Lipinski definition) is 0. The topological polar surface area (TPSA) is 39.2 Å². The number of pyridine rings is 1. The first-order chi connectivity index (χ1) is 9.70. The molecule has 1 aliphatic heterocycles. The summed E-state index contributed by atoms with van der Waals surface area (Å²) in [6, 6.07) is 1.73. The molecule has 0 N–H and O–H groups in total. The van der Waals surface area contributed by atoms with Crippen LogP contribution in [-0.4, -0.2) is 23.0 Å². The van der Waals surface area contributed by atoms with E-state index in [0.29, 0.717) is 17.2 Å². The van der Waals surface area contributed by atoms with Crippen molar-refractivity contribution in [2.24, 2.45) is 5.92 Å². The second-order valence-corrected chi connectivity index (χ2v) is 6.41. The highest BCUT2D eigenvalue weighted by Crippen LogP contribution is 2.41. The van der Waals surface area contributed by atoms with E-state index in [0.717, 1.165) is 25.7 Å². The third-order valence-electron chi connectivity index (χ3n) is 4.67. The molecule has 1 aliphatic carbocycles. The van der Waals surface area contributed by atoms with Crippen LogP contribution in [0.3, 0.4) is 0 Å². The van der Waals surface area contributed by atoms with Crippen molar-refractivity contribution < 1.29 is 9.53 Å². The Balaban J connectivity index is 1.77. The van der Waals surface area contributed by atoms with E-state index in [1.807, 2.05) is 0 Å². The summed E-state index contributed by atoms with van der Waals surface area (Å²) in [6.07, 6.45) is 10.8. The Bertz CT molecular complexity index is 491. The van der Waals surface area contributed by atoms with Crippen molar-refractivity contribution in [3.8, 4) is 0 Å². The molecule has 3 nitrogen and oxygen atoms in total. The van der Waals surface area contributed by atoms with Gasteiger partial charge in [0.05, 0.1) is 10.6 Å². The molecule has 20 heavy (non-hydrogen) atoms. The van der Waals surface area contributed by atoms with Gasteiger partial charge in [0.15, 0.2) is 5.78 Å². The van der Waals surface area contributed by atoms with Crippen molar-refractivity contribution in [2.75, 3.05) is 6.61 Å². The summed E-state index contributed by atoms with van der Waals surface area (Å²) in [5.74, 6) is 0.201. The van der Waals surface area contributed by atoms with Gasteiger partial charge in [-0.05, 0) is 31.7 Å². The molecule has 0 radical (unpaired) electrons. The average molecular weight is 294 g/mol. The van der Waals surface area contributed by atoms with Gasteiger partial charge in [-0.1, -0.05) is 30.9 Å². The van der Waals surface area contributed by atoms with Crippen LogP contribution in [0.25, 0.3) is 0 Å². The molecule has 4 heteroatoms. The molecule has 1 aromatic heterocycles. The second-order valence-electron chi connectivity index (χ2n) is 6.00. The summed E-state index contributed by atoms with van der Waals surface area (Å²) in [4.78, 5) is 16.6. The molecule has 1 spiro atoms. The van der Waals surface area contributed by atoms with E-state index in [-0.39, 0.29) is 17.3 Å². The lowest BCUT2D eigenvalue weighted by Gasteiger charge is -2.43. The van der Waals surface area contributed by atoms with Crippen LogP contribution in [0.15, 0.2) is 18.5 Å². The minimum absolute atomic E-state index is 0.0433. The molecule has 1 atom stereocenters. The highest BCUT2D eigenvalue weighted by molar-refractivity contribution is 6.33. The summed E-state index contributed by atoms with van der Waals surface area (Å²) in [5, 5.41) is 0.460. The van der Waals surface area contributed by atoms with Gasteiger partial charge < -0.3 is 4.74 Å². The molecular formula is C16H20ClNO2. The maximum absolute atomic E-state index is 12.7. The minimum atomic E-state index is -0.0453. The van der Waals surface area contributed by atoms with E-state index in [9.17, 15) is 4.79 Å². The molecule has 1 saturated carbocycles. The van der Waals surface area contributed by atoms with Gasteiger partial charge in [0, 0.05) is 30.5 Å². The zero-order valence-electron chi connectivity index (χ0n) is 11.6. The number of carbonyl (C=O) groups is 1. The molecule has 0 aromatic carbocycles. The van der Waals surface area contributed by atoms with E-state index in [1.54, 1.807) is 18.5 Å². The number of rotatable bonds is 2. The van der Waals surface area contributed by atoms with Crippen LogP contribution in [0, 0.1) is 5.92 Å². The fraction of sp³-hybridized carbons (Fsp3) is 0.625. The standard InChI is InChI=1S/C16H20ClNO2/c17-14-11-18-8-4-13(14)15(19)12-5-9-20-16(10-12)6-2-1-3-7-16/h4,8,11-12H,1-3,5-7,9-10H2. The van der Waals surface area contributed by atoms with Crippen LogP contribution in [0.4, 0.5) is 0 Å². The lowest BCUT2D eigenvalue weighted by molar-refractivity contribution is -0.111. The summed E-state index contributed by atoms with van der Waals surface area (Å²) < 4.78 is 6.06. The van der Waals surface area contributed by atoms with Gasteiger partial charge in [-0.3, -0.25) is 9.78 Å². The Morgan fingerprint density at radius 1 is 1.35 bits per heavy atom. The Kier molecular flexibility index (Phi) is 4.08. The number of ether oxygens (including phenoxy) is 1. The molecule has 1 saturated heterocycles. The highest BCUT2D eigenvalue weighted by atomic mass is 35.5. The normalized spacial score (nSPS) is 25.6. The van der Waals surface area contributed by atoms with Crippen LogP contribution >= 0.6 is 11.6 Å². The molecule has 0 bridgehead atoms. The number of aromatic nitrogens is 1. The smallest absolute Gasteiger partial charge is 0.167 e. The summed E-state index contributed by atoms with van der Waals surface area (Å²) in [5.41, 5.74) is 0.565. The average Bonchev–Trinajstić information content (AvgIpc) is 2.48. The van der Waals surface area contributed by atoms with Crippen LogP contribution in [0.1, 0.15) is 55.3 Å². The fourth-order valence-corrected chi connectivity index (χ4v) is 3.80. The predicted molar refractivity (Wildman–Crippen MR) is 78.1 cm³/mol. The van der Waals surface area contributed by atoms with E-state index in [1.165, 1.54) is 19.3 Å². The Morgan fingerprint density at radius 3 is 2.90 bits per heavy atom. The Hall–Kier alpha value is -0.930. The molecule has 3 rings (SSSR count). The highest BCUT2D eigenvalue weighted by Gasteiger charge is 2.41. The van der Waals surface area contributed by atoms with Gasteiger partial charge >= 0.3 is 0 Å². The Morgan fingerprint density at radius 2 is 2.15 bits per heavy atom. The van der Waals surface area contributed by atoms with Crippen LogP contribution in [0.5, 0.6) is 0 Å². The molecule has 1 unspecified atom stereocenters. The van der Waals surface area contributed by atoms with Crippen LogP contribution < -0.4 is 0 Å².